The van der Waals surface area contributed by atoms with Crippen LogP contribution in [0.25, 0.3) is 16.4 Å². The van der Waals surface area contributed by atoms with E-state index < -0.39 is 0 Å². The van der Waals surface area contributed by atoms with Gasteiger partial charge in [0.1, 0.15) is 12.1 Å². The predicted molar refractivity (Wildman–Crippen MR) is 145 cm³/mol. The second-order valence-electron chi connectivity index (χ2n) is 10.7. The summed E-state index contributed by atoms with van der Waals surface area (Å²) in [4.78, 5) is 32.1. The lowest BCUT2D eigenvalue weighted by molar-refractivity contribution is -0.137. The third-order valence-corrected chi connectivity index (χ3v) is 8.35. The first kappa shape index (κ1) is 25.3. The Morgan fingerprint density at radius 1 is 1.15 bits per heavy atom. The maximum atomic E-state index is 13.2. The number of amides is 2. The lowest BCUT2D eigenvalue weighted by Crippen LogP contribution is -2.42. The van der Waals surface area contributed by atoms with Gasteiger partial charge in [-0.1, -0.05) is 0 Å². The zero-order chi connectivity index (χ0) is 27.1. The topological polar surface area (TPSA) is 127 Å². The number of nitrogens with zero attached hydrogens (tertiary/aromatic N) is 6. The molecule has 11 nitrogen and oxygen atoms in total. The molecule has 3 heterocycles. The molecule has 3 aromatic heterocycles. The summed E-state index contributed by atoms with van der Waals surface area (Å²) < 4.78 is 9.15. The Bertz CT molecular complexity index is 1520. The average molecular weight is 532 g/mol. The summed E-state index contributed by atoms with van der Waals surface area (Å²) in [5.41, 5.74) is 2.51. The maximum Gasteiger partial charge on any atom is 0.259 e. The van der Waals surface area contributed by atoms with Gasteiger partial charge in [-0.3, -0.25) is 14.3 Å². The molecular formula is C28H33N7O4. The molecule has 0 unspecified atom stereocenters. The van der Waals surface area contributed by atoms with Crippen LogP contribution in [-0.4, -0.2) is 72.5 Å². The molecule has 2 atom stereocenters. The lowest BCUT2D eigenvalue weighted by Gasteiger charge is -2.36. The van der Waals surface area contributed by atoms with Crippen LogP contribution in [0.1, 0.15) is 61.3 Å². The van der Waals surface area contributed by atoms with Gasteiger partial charge in [-0.25, -0.2) is 9.50 Å². The highest BCUT2D eigenvalue weighted by atomic mass is 16.5. The highest BCUT2D eigenvalue weighted by molar-refractivity contribution is 6.09. The van der Waals surface area contributed by atoms with Gasteiger partial charge in [-0.2, -0.15) is 10.2 Å². The van der Waals surface area contributed by atoms with Crippen molar-refractivity contribution in [3.63, 3.8) is 0 Å². The van der Waals surface area contributed by atoms with Crippen LogP contribution in [0.15, 0.2) is 43.1 Å². The highest BCUT2D eigenvalue weighted by Crippen LogP contribution is 2.35. The Morgan fingerprint density at radius 3 is 2.72 bits per heavy atom. The molecule has 2 N–H and O–H groups in total. The van der Waals surface area contributed by atoms with Gasteiger partial charge in [0.25, 0.3) is 5.91 Å². The molecule has 2 saturated carbocycles. The average Bonchev–Trinajstić information content (AvgIpc) is 3.70. The number of carbonyl (C=O) groups excluding carboxylic acids is 2. The van der Waals surface area contributed by atoms with Crippen LogP contribution in [0, 0.1) is 5.92 Å². The molecule has 1 aromatic carbocycles. The summed E-state index contributed by atoms with van der Waals surface area (Å²) in [6, 6.07) is 5.83. The molecule has 2 amide bonds. The van der Waals surface area contributed by atoms with Gasteiger partial charge >= 0.3 is 0 Å². The quantitative estimate of drug-likeness (QED) is 0.390. The Hall–Kier alpha value is -3.99. The number of aliphatic hydroxyl groups excluding tert-OH is 1. The smallest absolute Gasteiger partial charge is 0.259 e. The van der Waals surface area contributed by atoms with Crippen LogP contribution in [0.5, 0.6) is 5.75 Å². The Kier molecular flexibility index (Phi) is 6.68. The normalized spacial score (nSPS) is 23.3. The Labute approximate surface area is 225 Å². The van der Waals surface area contributed by atoms with Gasteiger partial charge in [0.15, 0.2) is 0 Å². The number of aliphatic hydroxyl groups is 1. The number of nitrogens with one attached hydrogen (secondary N) is 1. The minimum Gasteiger partial charge on any atom is -0.496 e. The molecule has 6 rings (SSSR count). The van der Waals surface area contributed by atoms with E-state index in [0.29, 0.717) is 23.4 Å². The second kappa shape index (κ2) is 10.3. The number of hydrogen-bond acceptors (Lipinski definition) is 7. The number of rotatable bonds is 6. The minimum atomic E-state index is -0.342. The number of fused-ring (bicyclic) bond motifs is 2. The molecule has 11 heteroatoms. The number of benzene rings is 1. The van der Waals surface area contributed by atoms with Crippen LogP contribution in [0.4, 0.5) is 5.69 Å². The van der Waals surface area contributed by atoms with Crippen LogP contribution in [0.2, 0.25) is 0 Å². The number of methoxy groups -OCH3 is 1. The summed E-state index contributed by atoms with van der Waals surface area (Å²) in [7, 11) is 3.45. The van der Waals surface area contributed by atoms with E-state index in [4.69, 9.17) is 9.84 Å². The monoisotopic (exact) mass is 531 g/mol. The predicted octanol–water partition coefficient (Wildman–Crippen LogP) is 3.44. The minimum absolute atomic E-state index is 0.0506. The van der Waals surface area contributed by atoms with Crippen LogP contribution < -0.4 is 10.1 Å². The summed E-state index contributed by atoms with van der Waals surface area (Å²) in [5, 5.41) is 22.7. The first-order valence-electron chi connectivity index (χ1n) is 13.5. The molecule has 2 fully saturated rings. The summed E-state index contributed by atoms with van der Waals surface area (Å²) >= 11 is 0. The van der Waals surface area contributed by atoms with Crippen LogP contribution in [0.3, 0.4) is 0 Å². The number of ether oxygens (including phenoxy) is 1. The van der Waals surface area contributed by atoms with Crippen molar-refractivity contribution in [1.82, 2.24) is 29.3 Å². The van der Waals surface area contributed by atoms with Crippen LogP contribution >= 0.6 is 0 Å². The maximum absolute atomic E-state index is 13.2. The SMILES string of the molecule is COc1cc2nn(C3CCC(N(C)C(=O)[C@@H]4CC[C@H](O)C4)CC3)cc2cc1C(=O)Nc1cnn2cnccc12. The fourth-order valence-corrected chi connectivity index (χ4v) is 6.10. The van der Waals surface area contributed by atoms with Gasteiger partial charge in [0, 0.05) is 42.9 Å². The van der Waals surface area contributed by atoms with Crippen molar-refractivity contribution in [3.05, 3.63) is 48.7 Å². The fourth-order valence-electron chi connectivity index (χ4n) is 6.10. The van der Waals surface area contributed by atoms with Gasteiger partial charge in [-0.05, 0) is 57.1 Å². The largest absolute Gasteiger partial charge is 0.496 e. The van der Waals surface area contributed by atoms with E-state index in [1.807, 2.05) is 28.9 Å². The summed E-state index contributed by atoms with van der Waals surface area (Å²) in [6.45, 7) is 0. The van der Waals surface area contributed by atoms with Crippen molar-refractivity contribution in [1.29, 1.82) is 0 Å². The molecule has 204 valence electrons. The first-order chi connectivity index (χ1) is 18.9. The van der Waals surface area contributed by atoms with Crippen molar-refractivity contribution >= 4 is 33.9 Å². The van der Waals surface area contributed by atoms with Gasteiger partial charge in [0.05, 0.1) is 47.7 Å². The molecule has 2 aliphatic rings. The van der Waals surface area contributed by atoms with E-state index in [-0.39, 0.29) is 35.9 Å². The second-order valence-corrected chi connectivity index (χ2v) is 10.7. The zero-order valence-electron chi connectivity index (χ0n) is 22.2. The summed E-state index contributed by atoms with van der Waals surface area (Å²) in [5.74, 6) is 0.268. The van der Waals surface area contributed by atoms with Gasteiger partial charge in [0.2, 0.25) is 5.91 Å². The zero-order valence-corrected chi connectivity index (χ0v) is 22.2. The summed E-state index contributed by atoms with van der Waals surface area (Å²) in [6.07, 6.45) is 12.2. The standard InChI is InChI=1S/C28H33N7O4/c1-33(28(38)17-3-8-21(36)11-17)19-4-6-20(7-5-19)34-15-18-12-22(26(39-2)13-23(18)32-34)27(37)31-24-14-30-35-16-29-10-9-25(24)35/h9-10,12-17,19-21,36H,3-8,11H2,1-2H3,(H,31,37)/t17-,19?,20?,21+/m1/s1. The van der Waals surface area contributed by atoms with Crippen molar-refractivity contribution in [2.24, 2.45) is 5.92 Å². The van der Waals surface area contributed by atoms with E-state index in [2.05, 4.69) is 15.4 Å². The Balaban J connectivity index is 1.15. The molecule has 0 bridgehead atoms. The number of aromatic nitrogens is 5. The molecule has 0 saturated heterocycles. The number of anilines is 1. The molecule has 0 aliphatic heterocycles. The highest BCUT2D eigenvalue weighted by Gasteiger charge is 2.34. The van der Waals surface area contributed by atoms with Crippen molar-refractivity contribution in [2.75, 3.05) is 19.5 Å². The number of hydrogen-bond donors (Lipinski definition) is 2. The molecule has 2 aliphatic carbocycles. The number of carbonyl (C=O) groups is 2. The van der Waals surface area contributed by atoms with Crippen molar-refractivity contribution in [3.8, 4) is 5.75 Å². The van der Waals surface area contributed by atoms with Gasteiger partial charge in [-0.15, -0.1) is 0 Å². The lowest BCUT2D eigenvalue weighted by atomic mass is 9.89. The van der Waals surface area contributed by atoms with Gasteiger partial charge < -0.3 is 20.1 Å². The van der Waals surface area contributed by atoms with Crippen LogP contribution in [-0.2, 0) is 4.79 Å². The van der Waals surface area contributed by atoms with E-state index in [9.17, 15) is 14.7 Å². The third kappa shape index (κ3) is 4.82. The van der Waals surface area contributed by atoms with E-state index in [1.54, 1.807) is 42.5 Å². The van der Waals surface area contributed by atoms with E-state index >= 15 is 0 Å². The van der Waals surface area contributed by atoms with Crippen molar-refractivity contribution < 1.29 is 19.4 Å². The van der Waals surface area contributed by atoms with E-state index in [0.717, 1.165) is 54.9 Å². The van der Waals surface area contributed by atoms with E-state index in [1.165, 1.54) is 0 Å². The molecule has 39 heavy (non-hydrogen) atoms. The fraction of sp³-hybridized carbons (Fsp3) is 0.464. The van der Waals surface area contributed by atoms with Crippen molar-refractivity contribution in [2.45, 2.75) is 63.1 Å². The Morgan fingerprint density at radius 2 is 1.97 bits per heavy atom. The first-order valence-corrected chi connectivity index (χ1v) is 13.5. The molecule has 4 aromatic rings. The molecular weight excluding hydrogens is 498 g/mol. The molecule has 0 radical (unpaired) electrons. The molecule has 0 spiro atoms. The third-order valence-electron chi connectivity index (χ3n) is 8.35.